The third-order valence-electron chi connectivity index (χ3n) is 6.33. The van der Waals surface area contributed by atoms with E-state index in [0.29, 0.717) is 11.8 Å². The highest BCUT2D eigenvalue weighted by Gasteiger charge is 2.59. The number of carbonyl (C=O) groups is 1. The van der Waals surface area contributed by atoms with Crippen molar-refractivity contribution < 1.29 is 9.53 Å². The number of fused-ring (bicyclic) bond motifs is 1. The van der Waals surface area contributed by atoms with E-state index in [4.69, 9.17) is 4.74 Å². The smallest absolute Gasteiger partial charge is 0.274 e. The molecule has 2 atom stereocenters. The lowest BCUT2D eigenvalue weighted by molar-refractivity contribution is -0.152. The van der Waals surface area contributed by atoms with Crippen molar-refractivity contribution in [1.29, 1.82) is 0 Å². The van der Waals surface area contributed by atoms with E-state index in [-0.39, 0.29) is 17.4 Å². The van der Waals surface area contributed by atoms with Crippen molar-refractivity contribution >= 4 is 23.2 Å². The van der Waals surface area contributed by atoms with Crippen LogP contribution in [-0.2, 0) is 4.74 Å². The first-order chi connectivity index (χ1) is 12.6. The Balaban J connectivity index is 1.63. The third kappa shape index (κ3) is 2.57. The highest BCUT2D eigenvalue weighted by molar-refractivity contribution is 7.98. The molecule has 2 heterocycles. The Kier molecular flexibility index (Phi) is 4.73. The molecule has 2 unspecified atom stereocenters. The van der Waals surface area contributed by atoms with Crippen LogP contribution in [0.4, 0.5) is 0 Å². The minimum atomic E-state index is 0.0280. The summed E-state index contributed by atoms with van der Waals surface area (Å²) in [5.74, 6) is 0.0280. The number of ether oxygens (including phenoxy) is 1. The van der Waals surface area contributed by atoms with Gasteiger partial charge < -0.3 is 9.64 Å². The Morgan fingerprint density at radius 1 is 1.42 bits per heavy atom. The van der Waals surface area contributed by atoms with E-state index in [0.717, 1.165) is 23.7 Å². The topological polar surface area (TPSA) is 46.8 Å². The number of aromatic nitrogens is 2. The molecule has 2 aliphatic rings. The lowest BCUT2D eigenvalue weighted by Gasteiger charge is -2.56. The van der Waals surface area contributed by atoms with Gasteiger partial charge in [-0.05, 0) is 44.6 Å². The minimum Gasteiger partial charge on any atom is -0.378 e. The molecule has 0 radical (unpaired) electrons. The predicted octanol–water partition coefficient (Wildman–Crippen LogP) is 3.87. The number of hydrogen-bond acceptors (Lipinski definition) is 4. The summed E-state index contributed by atoms with van der Waals surface area (Å²) in [6.07, 6.45) is 10.0. The van der Waals surface area contributed by atoms with Gasteiger partial charge in [0, 0.05) is 31.3 Å². The molecule has 6 heteroatoms. The van der Waals surface area contributed by atoms with Crippen molar-refractivity contribution in [2.24, 2.45) is 5.41 Å². The summed E-state index contributed by atoms with van der Waals surface area (Å²) >= 11 is 1.56. The lowest BCUT2D eigenvalue weighted by Crippen LogP contribution is -2.64. The Bertz CT molecular complexity index is 812. The molecule has 0 N–H and O–H groups in total. The molecular weight excluding hydrogens is 346 g/mol. The fourth-order valence-electron chi connectivity index (χ4n) is 5.01. The van der Waals surface area contributed by atoms with Gasteiger partial charge in [0.2, 0.25) is 0 Å². The van der Waals surface area contributed by atoms with Gasteiger partial charge in [0.25, 0.3) is 5.91 Å². The molecule has 26 heavy (non-hydrogen) atoms. The minimum absolute atomic E-state index is 0.0280. The summed E-state index contributed by atoms with van der Waals surface area (Å²) in [5, 5.41) is 0.855. The first kappa shape index (κ1) is 17.9. The second-order valence-electron chi connectivity index (χ2n) is 7.45. The lowest BCUT2D eigenvalue weighted by atomic mass is 9.60. The van der Waals surface area contributed by atoms with Gasteiger partial charge in [0.05, 0.1) is 11.6 Å². The standard InChI is InChI=1S/C20H27N3O2S/c1-4-25-16-13-15(20(16)10-6-7-11-20)22(2)18(24)17-14-9-5-8-12-23(14)19(21-17)26-3/h5,8-9,12,15-16H,4,6-7,10-11,13H2,1-3H3. The van der Waals surface area contributed by atoms with E-state index in [9.17, 15) is 4.79 Å². The summed E-state index contributed by atoms with van der Waals surface area (Å²) < 4.78 is 8.01. The number of amides is 1. The molecule has 4 rings (SSSR count). The maximum absolute atomic E-state index is 13.3. The molecule has 2 aromatic heterocycles. The first-order valence-corrected chi connectivity index (χ1v) is 10.7. The number of nitrogens with zero attached hydrogens (tertiary/aromatic N) is 3. The van der Waals surface area contributed by atoms with Crippen LogP contribution in [0, 0.1) is 5.41 Å². The molecule has 2 aliphatic carbocycles. The van der Waals surface area contributed by atoms with E-state index in [1.165, 1.54) is 25.7 Å². The highest BCUT2D eigenvalue weighted by Crippen LogP contribution is 2.56. The van der Waals surface area contributed by atoms with Crippen LogP contribution in [0.2, 0.25) is 0 Å². The quantitative estimate of drug-likeness (QED) is 0.747. The van der Waals surface area contributed by atoms with E-state index in [1.54, 1.807) is 11.8 Å². The monoisotopic (exact) mass is 373 g/mol. The molecule has 1 amide bonds. The SMILES string of the molecule is CCOC1CC(N(C)C(=O)c2nc(SC)n3ccccc23)C12CCCC2. The Labute approximate surface area is 159 Å². The van der Waals surface area contributed by atoms with Gasteiger partial charge >= 0.3 is 0 Å². The Hall–Kier alpha value is -1.53. The molecule has 2 saturated carbocycles. The van der Waals surface area contributed by atoms with Gasteiger partial charge in [-0.1, -0.05) is 30.7 Å². The van der Waals surface area contributed by atoms with E-state index >= 15 is 0 Å². The average molecular weight is 374 g/mol. The largest absolute Gasteiger partial charge is 0.378 e. The van der Waals surface area contributed by atoms with Gasteiger partial charge in [-0.25, -0.2) is 4.98 Å². The number of imidazole rings is 1. The van der Waals surface area contributed by atoms with Crippen molar-refractivity contribution in [3.05, 3.63) is 30.1 Å². The molecule has 0 bridgehead atoms. The zero-order valence-electron chi connectivity index (χ0n) is 15.8. The number of thioether (sulfide) groups is 1. The van der Waals surface area contributed by atoms with Crippen LogP contribution in [0.1, 0.15) is 49.5 Å². The summed E-state index contributed by atoms with van der Waals surface area (Å²) in [6, 6.07) is 6.17. The first-order valence-electron chi connectivity index (χ1n) is 9.52. The zero-order valence-corrected chi connectivity index (χ0v) is 16.6. The molecule has 0 aromatic carbocycles. The van der Waals surface area contributed by atoms with Gasteiger partial charge in [0.15, 0.2) is 10.9 Å². The predicted molar refractivity (Wildman–Crippen MR) is 104 cm³/mol. The van der Waals surface area contributed by atoms with Crippen LogP contribution in [0.15, 0.2) is 29.6 Å². The maximum atomic E-state index is 13.3. The fraction of sp³-hybridized carbons (Fsp3) is 0.600. The van der Waals surface area contributed by atoms with Gasteiger partial charge in [0.1, 0.15) is 0 Å². The van der Waals surface area contributed by atoms with E-state index in [1.807, 2.05) is 47.0 Å². The Morgan fingerprint density at radius 2 is 2.19 bits per heavy atom. The molecule has 1 spiro atoms. The Morgan fingerprint density at radius 3 is 2.88 bits per heavy atom. The van der Waals surface area contributed by atoms with Crippen molar-refractivity contribution in [1.82, 2.24) is 14.3 Å². The van der Waals surface area contributed by atoms with Crippen molar-refractivity contribution in [2.45, 2.75) is 56.3 Å². The fourth-order valence-corrected chi connectivity index (χ4v) is 5.55. The van der Waals surface area contributed by atoms with Gasteiger partial charge in [-0.2, -0.15) is 0 Å². The highest BCUT2D eigenvalue weighted by atomic mass is 32.2. The molecule has 0 saturated heterocycles. The molecule has 2 fully saturated rings. The molecule has 0 aliphatic heterocycles. The number of carbonyl (C=O) groups excluding carboxylic acids is 1. The summed E-state index contributed by atoms with van der Waals surface area (Å²) in [7, 11) is 1.95. The van der Waals surface area contributed by atoms with Crippen molar-refractivity contribution in [3.63, 3.8) is 0 Å². The molecule has 2 aromatic rings. The average Bonchev–Trinajstić information content (AvgIpc) is 3.30. The van der Waals surface area contributed by atoms with Crippen LogP contribution in [0.5, 0.6) is 0 Å². The number of pyridine rings is 1. The third-order valence-corrected chi connectivity index (χ3v) is 6.99. The van der Waals surface area contributed by atoms with Gasteiger partial charge in [-0.15, -0.1) is 0 Å². The van der Waals surface area contributed by atoms with E-state index in [2.05, 4.69) is 11.9 Å². The second kappa shape index (κ2) is 6.89. The summed E-state index contributed by atoms with van der Waals surface area (Å²) in [5.41, 5.74) is 1.60. The van der Waals surface area contributed by atoms with Crippen LogP contribution in [0.25, 0.3) is 5.52 Å². The second-order valence-corrected chi connectivity index (χ2v) is 8.23. The number of rotatable bonds is 5. The van der Waals surface area contributed by atoms with E-state index < -0.39 is 0 Å². The van der Waals surface area contributed by atoms with Crippen LogP contribution >= 0.6 is 11.8 Å². The van der Waals surface area contributed by atoms with Crippen molar-refractivity contribution in [2.75, 3.05) is 19.9 Å². The molecule has 5 nitrogen and oxygen atoms in total. The molecule has 140 valence electrons. The van der Waals surface area contributed by atoms with Crippen molar-refractivity contribution in [3.8, 4) is 0 Å². The van der Waals surface area contributed by atoms with Gasteiger partial charge in [-0.3, -0.25) is 9.20 Å². The van der Waals surface area contributed by atoms with Crippen LogP contribution in [-0.4, -0.2) is 52.2 Å². The maximum Gasteiger partial charge on any atom is 0.274 e. The van der Waals surface area contributed by atoms with Crippen LogP contribution < -0.4 is 0 Å². The summed E-state index contributed by atoms with van der Waals surface area (Å²) in [4.78, 5) is 19.9. The zero-order chi connectivity index (χ0) is 18.3. The molecular formula is C20H27N3O2S. The number of hydrogen-bond donors (Lipinski definition) is 0. The normalized spacial score (nSPS) is 24.1. The van der Waals surface area contributed by atoms with Crippen LogP contribution in [0.3, 0.4) is 0 Å². The summed E-state index contributed by atoms with van der Waals surface area (Å²) in [6.45, 7) is 2.81.